The summed E-state index contributed by atoms with van der Waals surface area (Å²) in [5.41, 5.74) is 2.68. The third kappa shape index (κ3) is 4.15. The first kappa shape index (κ1) is 17.0. The maximum absolute atomic E-state index is 12.3. The van der Waals surface area contributed by atoms with Gasteiger partial charge >= 0.3 is 0 Å². The number of carbonyl (C=O) groups excluding carboxylic acids is 1. The predicted molar refractivity (Wildman–Crippen MR) is 99.7 cm³/mol. The highest BCUT2D eigenvalue weighted by molar-refractivity contribution is 5.92. The monoisotopic (exact) mass is 337 g/mol. The number of fused-ring (bicyclic) bond motifs is 1. The lowest BCUT2D eigenvalue weighted by molar-refractivity contribution is 0.0949. The third-order valence-corrected chi connectivity index (χ3v) is 4.23. The lowest BCUT2D eigenvalue weighted by Gasteiger charge is -2.11. The van der Waals surface area contributed by atoms with Gasteiger partial charge in [-0.15, -0.1) is 0 Å². The number of H-pyrrole nitrogens is 1. The average molecular weight is 337 g/mol. The summed E-state index contributed by atoms with van der Waals surface area (Å²) in [7, 11) is 0. The Morgan fingerprint density at radius 2 is 2.12 bits per heavy atom. The second kappa shape index (κ2) is 7.79. The van der Waals surface area contributed by atoms with Crippen molar-refractivity contribution in [3.8, 4) is 0 Å². The van der Waals surface area contributed by atoms with Gasteiger partial charge in [0.2, 0.25) is 5.95 Å². The Hall–Kier alpha value is -2.89. The zero-order valence-corrected chi connectivity index (χ0v) is 14.5. The summed E-state index contributed by atoms with van der Waals surface area (Å²) >= 11 is 0. The maximum atomic E-state index is 12.3. The molecule has 0 radical (unpaired) electrons. The summed E-state index contributed by atoms with van der Waals surface area (Å²) in [5.74, 6) is 0.299. The highest BCUT2D eigenvalue weighted by Gasteiger charge is 2.10. The molecule has 25 heavy (non-hydrogen) atoms. The summed E-state index contributed by atoms with van der Waals surface area (Å²) in [6, 6.07) is 10.0. The molecule has 1 unspecified atom stereocenters. The maximum Gasteiger partial charge on any atom is 0.270 e. The minimum absolute atomic E-state index is 0.186. The molecule has 6 heteroatoms. The minimum atomic E-state index is -0.186. The molecule has 0 spiro atoms. The van der Waals surface area contributed by atoms with Gasteiger partial charge in [0.05, 0.1) is 0 Å². The fourth-order valence-corrected chi connectivity index (χ4v) is 2.62. The Kier molecular flexibility index (Phi) is 5.28. The zero-order valence-electron chi connectivity index (χ0n) is 14.5. The fraction of sp³-hybridized carbons (Fsp3) is 0.316. The molecule has 3 rings (SSSR count). The van der Waals surface area contributed by atoms with E-state index in [9.17, 15) is 4.79 Å². The zero-order chi connectivity index (χ0) is 17.6. The molecule has 1 amide bonds. The number of amides is 1. The molecule has 1 aromatic carbocycles. The van der Waals surface area contributed by atoms with Crippen LogP contribution in [0, 0.1) is 0 Å². The van der Waals surface area contributed by atoms with Crippen LogP contribution in [0.3, 0.4) is 0 Å². The number of hydrogen-bond acceptors (Lipinski definition) is 4. The smallest absolute Gasteiger partial charge is 0.270 e. The Morgan fingerprint density at radius 3 is 2.96 bits per heavy atom. The Bertz CT molecular complexity index is 858. The van der Waals surface area contributed by atoms with Crippen LogP contribution in [0.2, 0.25) is 0 Å². The molecular weight excluding hydrogens is 314 g/mol. The van der Waals surface area contributed by atoms with Crippen LogP contribution in [-0.4, -0.2) is 33.4 Å². The lowest BCUT2D eigenvalue weighted by atomic mass is 10.1. The second-order valence-corrected chi connectivity index (χ2v) is 6.08. The molecule has 3 aromatic rings. The van der Waals surface area contributed by atoms with Crippen LogP contribution in [0.5, 0.6) is 0 Å². The highest BCUT2D eigenvalue weighted by Crippen LogP contribution is 2.17. The number of benzene rings is 1. The van der Waals surface area contributed by atoms with Crippen LogP contribution >= 0.6 is 0 Å². The van der Waals surface area contributed by atoms with Crippen molar-refractivity contribution in [2.45, 2.75) is 32.7 Å². The number of anilines is 1. The van der Waals surface area contributed by atoms with Crippen molar-refractivity contribution in [2.24, 2.45) is 0 Å². The quantitative estimate of drug-likeness (QED) is 0.618. The van der Waals surface area contributed by atoms with Crippen molar-refractivity contribution in [2.75, 3.05) is 11.9 Å². The number of carbonyl (C=O) groups is 1. The molecule has 3 N–H and O–H groups in total. The predicted octanol–water partition coefficient (Wildman–Crippen LogP) is 3.14. The van der Waals surface area contributed by atoms with E-state index in [2.05, 4.69) is 45.5 Å². The second-order valence-electron chi connectivity index (χ2n) is 6.08. The first-order chi connectivity index (χ1) is 12.2. The van der Waals surface area contributed by atoms with E-state index >= 15 is 0 Å². The van der Waals surface area contributed by atoms with Gasteiger partial charge < -0.3 is 15.6 Å². The molecule has 0 aliphatic heterocycles. The van der Waals surface area contributed by atoms with Gasteiger partial charge in [-0.3, -0.25) is 4.79 Å². The van der Waals surface area contributed by atoms with E-state index in [1.54, 1.807) is 12.3 Å². The van der Waals surface area contributed by atoms with Crippen molar-refractivity contribution in [3.63, 3.8) is 0 Å². The van der Waals surface area contributed by atoms with E-state index in [-0.39, 0.29) is 11.9 Å². The Balaban J connectivity index is 1.58. The van der Waals surface area contributed by atoms with E-state index < -0.39 is 0 Å². The number of nitrogens with one attached hydrogen (secondary N) is 3. The standard InChI is InChI=1S/C19H23N5O/c1-3-13(2)23-19-21-11-9-17(24-19)18(25)20-10-8-14-12-22-16-7-5-4-6-15(14)16/h4-7,9,11-13,22H,3,8,10H2,1-2H3,(H,20,25)(H,21,23,24). The van der Waals surface area contributed by atoms with Crippen LogP contribution in [-0.2, 0) is 6.42 Å². The van der Waals surface area contributed by atoms with Crippen molar-refractivity contribution >= 4 is 22.8 Å². The molecule has 1 atom stereocenters. The van der Waals surface area contributed by atoms with Crippen LogP contribution < -0.4 is 10.6 Å². The van der Waals surface area contributed by atoms with Crippen LogP contribution in [0.4, 0.5) is 5.95 Å². The minimum Gasteiger partial charge on any atom is -0.361 e. The average Bonchev–Trinajstić information content (AvgIpc) is 3.05. The summed E-state index contributed by atoms with van der Waals surface area (Å²) in [6.07, 6.45) is 5.32. The van der Waals surface area contributed by atoms with Gasteiger partial charge in [0.15, 0.2) is 0 Å². The van der Waals surface area contributed by atoms with Crippen molar-refractivity contribution in [1.82, 2.24) is 20.3 Å². The Morgan fingerprint density at radius 1 is 1.28 bits per heavy atom. The van der Waals surface area contributed by atoms with E-state index in [0.29, 0.717) is 18.2 Å². The molecule has 0 fully saturated rings. The molecule has 6 nitrogen and oxygen atoms in total. The lowest BCUT2D eigenvalue weighted by Crippen LogP contribution is -2.27. The largest absolute Gasteiger partial charge is 0.361 e. The van der Waals surface area contributed by atoms with E-state index in [1.807, 2.05) is 24.4 Å². The van der Waals surface area contributed by atoms with Gasteiger partial charge in [-0.1, -0.05) is 25.1 Å². The molecule has 0 saturated carbocycles. The molecule has 2 aromatic heterocycles. The fourth-order valence-electron chi connectivity index (χ4n) is 2.62. The third-order valence-electron chi connectivity index (χ3n) is 4.23. The number of nitrogens with zero attached hydrogens (tertiary/aromatic N) is 2. The summed E-state index contributed by atoms with van der Waals surface area (Å²) in [6.45, 7) is 4.69. The molecule has 0 aliphatic rings. The molecule has 130 valence electrons. The van der Waals surface area contributed by atoms with Crippen molar-refractivity contribution < 1.29 is 4.79 Å². The SMILES string of the molecule is CCC(C)Nc1nccc(C(=O)NCCc2c[nH]c3ccccc23)n1. The number of aromatic amines is 1. The number of para-hydroxylation sites is 1. The number of aromatic nitrogens is 3. The first-order valence-electron chi connectivity index (χ1n) is 8.60. The van der Waals surface area contributed by atoms with Crippen LogP contribution in [0.15, 0.2) is 42.7 Å². The molecule has 0 aliphatic carbocycles. The van der Waals surface area contributed by atoms with E-state index in [1.165, 1.54) is 10.9 Å². The van der Waals surface area contributed by atoms with Crippen LogP contribution in [0.1, 0.15) is 36.3 Å². The van der Waals surface area contributed by atoms with E-state index in [0.717, 1.165) is 18.4 Å². The summed E-state index contributed by atoms with van der Waals surface area (Å²) in [5, 5.41) is 7.30. The summed E-state index contributed by atoms with van der Waals surface area (Å²) < 4.78 is 0. The van der Waals surface area contributed by atoms with Gasteiger partial charge in [0, 0.05) is 35.9 Å². The van der Waals surface area contributed by atoms with Gasteiger partial charge in [-0.2, -0.15) is 0 Å². The van der Waals surface area contributed by atoms with Gasteiger partial charge in [-0.05, 0) is 37.5 Å². The molecule has 2 heterocycles. The number of hydrogen-bond donors (Lipinski definition) is 3. The van der Waals surface area contributed by atoms with Crippen molar-refractivity contribution in [3.05, 3.63) is 54.0 Å². The molecule has 0 bridgehead atoms. The van der Waals surface area contributed by atoms with E-state index in [4.69, 9.17) is 0 Å². The normalized spacial score (nSPS) is 12.1. The Labute approximate surface area is 147 Å². The number of rotatable bonds is 7. The van der Waals surface area contributed by atoms with Crippen molar-refractivity contribution in [1.29, 1.82) is 0 Å². The summed E-state index contributed by atoms with van der Waals surface area (Å²) in [4.78, 5) is 24.0. The molecule has 0 saturated heterocycles. The topological polar surface area (TPSA) is 82.7 Å². The first-order valence-corrected chi connectivity index (χ1v) is 8.60. The van der Waals surface area contributed by atoms with Crippen LogP contribution in [0.25, 0.3) is 10.9 Å². The van der Waals surface area contributed by atoms with Gasteiger partial charge in [0.1, 0.15) is 5.69 Å². The van der Waals surface area contributed by atoms with Gasteiger partial charge in [-0.25, -0.2) is 9.97 Å². The van der Waals surface area contributed by atoms with Gasteiger partial charge in [0.25, 0.3) is 5.91 Å². The molecular formula is C19H23N5O. The highest BCUT2D eigenvalue weighted by atomic mass is 16.1.